The zero-order chi connectivity index (χ0) is 35.1. The maximum atomic E-state index is 13.8. The number of nitrogens with one attached hydrogen (secondary N) is 1. The molecule has 4 aliphatic carbocycles. The smallest absolute Gasteiger partial charge is 0.407 e. The lowest BCUT2D eigenvalue weighted by atomic mass is 9.44. The molecule has 7 atom stereocenters. The summed E-state index contributed by atoms with van der Waals surface area (Å²) in [7, 11) is 2.04. The number of ether oxygens (including phenoxy) is 1. The summed E-state index contributed by atoms with van der Waals surface area (Å²) in [6.45, 7) is 15.2. The fourth-order valence-corrected chi connectivity index (χ4v) is 10.0. The Bertz CT molecular complexity index is 1470. The van der Waals surface area contributed by atoms with E-state index in [0.717, 1.165) is 41.5 Å². The van der Waals surface area contributed by atoms with Crippen molar-refractivity contribution < 1.29 is 29.3 Å². The van der Waals surface area contributed by atoms with Crippen molar-refractivity contribution in [2.24, 2.45) is 34.0 Å². The average Bonchev–Trinajstić information content (AvgIpc) is 3.28. The predicted octanol–water partition coefficient (Wildman–Crippen LogP) is 5.96. The topological polar surface area (TPSA) is 116 Å². The molecule has 5 rings (SSSR count). The fourth-order valence-electron chi connectivity index (χ4n) is 10.0. The molecular weight excluding hydrogens is 604 g/mol. The van der Waals surface area contributed by atoms with Crippen molar-refractivity contribution in [2.45, 2.75) is 97.8 Å². The summed E-state index contributed by atoms with van der Waals surface area (Å²) in [4.78, 5) is 40.2. The first kappa shape index (κ1) is 36.2. The number of aliphatic hydroxyl groups excluding tert-OH is 2. The molecule has 0 heterocycles. The van der Waals surface area contributed by atoms with Crippen molar-refractivity contribution in [1.29, 1.82) is 0 Å². The fraction of sp³-hybridized carbons (Fsp3) is 0.625. The minimum absolute atomic E-state index is 0.00789. The number of nitrogens with zero attached hydrogens (tertiary/aromatic N) is 1. The summed E-state index contributed by atoms with van der Waals surface area (Å²) in [5.74, 6) is 0.412. The van der Waals surface area contributed by atoms with E-state index in [0.29, 0.717) is 45.3 Å². The first-order valence-corrected chi connectivity index (χ1v) is 17.7. The Balaban J connectivity index is 1.23. The van der Waals surface area contributed by atoms with Crippen molar-refractivity contribution in [3.05, 3.63) is 71.3 Å². The Morgan fingerprint density at radius 3 is 2.48 bits per heavy atom. The zero-order valence-electron chi connectivity index (χ0n) is 29.8. The minimum atomic E-state index is -0.756. The van der Waals surface area contributed by atoms with Crippen LogP contribution in [0, 0.1) is 34.0 Å². The van der Waals surface area contributed by atoms with Gasteiger partial charge < -0.3 is 25.2 Å². The monoisotopic (exact) mass is 660 g/mol. The Kier molecular flexibility index (Phi) is 10.3. The molecule has 4 aliphatic rings. The quantitative estimate of drug-likeness (QED) is 0.251. The molecule has 0 aromatic heterocycles. The molecule has 3 saturated carbocycles. The molecule has 1 amide bonds. The highest BCUT2D eigenvalue weighted by Crippen LogP contribution is 2.69. The van der Waals surface area contributed by atoms with Crippen molar-refractivity contribution in [3.63, 3.8) is 0 Å². The number of aliphatic hydroxyl groups is 2. The van der Waals surface area contributed by atoms with E-state index in [1.807, 2.05) is 33.9 Å². The molecule has 3 N–H and O–H groups in total. The number of fused-ring (bicyclic) bond motifs is 5. The van der Waals surface area contributed by atoms with E-state index in [1.54, 1.807) is 12.2 Å². The van der Waals surface area contributed by atoms with Crippen molar-refractivity contribution in [1.82, 2.24) is 10.2 Å². The highest BCUT2D eigenvalue weighted by Gasteiger charge is 2.68. The standard InChI is InChI=1S/C40H56N2O6/c1-26(16-19-41-36(47)48-37(2,3)4)20-27-8-10-28(11-9-27)23-42(7)25-40(34(46)24-43)18-15-32-31-13-12-29-21-30(44)14-17-38(29,5)35(31)33(45)22-39(32,40)6/h8-11,14,17,21,31-33,35,43,45H,1,12-13,15-16,18-20,22-25H2,2-7H3,(H,41,47). The number of allylic oxidation sites excluding steroid dienone is 4. The van der Waals surface area contributed by atoms with Crippen LogP contribution in [0.3, 0.4) is 0 Å². The number of Topliss-reactive ketones (excluding diaryl/α,β-unsaturated/α-hetero) is 1. The van der Waals surface area contributed by atoms with Crippen LogP contribution in [0.4, 0.5) is 4.79 Å². The number of carbonyl (C=O) groups excluding carboxylic acids is 3. The van der Waals surface area contributed by atoms with Crippen molar-refractivity contribution in [3.8, 4) is 0 Å². The maximum absolute atomic E-state index is 13.8. The second-order valence-electron chi connectivity index (χ2n) is 16.5. The number of ketones is 2. The molecule has 3 fully saturated rings. The number of rotatable bonds is 11. The van der Waals surface area contributed by atoms with Gasteiger partial charge in [0.2, 0.25) is 0 Å². The van der Waals surface area contributed by atoms with Crippen LogP contribution in [0.1, 0.15) is 84.3 Å². The number of carbonyl (C=O) groups is 3. The van der Waals surface area contributed by atoms with Crippen LogP contribution in [0.15, 0.2) is 60.2 Å². The van der Waals surface area contributed by atoms with Gasteiger partial charge in [0.1, 0.15) is 12.2 Å². The molecule has 0 bridgehead atoms. The van der Waals surface area contributed by atoms with Crippen LogP contribution in [-0.2, 0) is 27.3 Å². The van der Waals surface area contributed by atoms with Gasteiger partial charge in [-0.25, -0.2) is 4.79 Å². The summed E-state index contributed by atoms with van der Waals surface area (Å²) in [5.41, 5.74) is 2.34. The van der Waals surface area contributed by atoms with Gasteiger partial charge in [-0.15, -0.1) is 0 Å². The van der Waals surface area contributed by atoms with Crippen LogP contribution in [0.2, 0.25) is 0 Å². The van der Waals surface area contributed by atoms with Gasteiger partial charge in [-0.05, 0) is 113 Å². The third kappa shape index (κ3) is 6.99. The number of amides is 1. The summed E-state index contributed by atoms with van der Waals surface area (Å²) in [6, 6.07) is 8.44. The number of alkyl carbamates (subject to hydrolysis) is 1. The third-order valence-corrected chi connectivity index (χ3v) is 12.2. The van der Waals surface area contributed by atoms with E-state index in [2.05, 4.69) is 54.9 Å². The maximum Gasteiger partial charge on any atom is 0.407 e. The predicted molar refractivity (Wildman–Crippen MR) is 187 cm³/mol. The van der Waals surface area contributed by atoms with Crippen molar-refractivity contribution in [2.75, 3.05) is 26.7 Å². The molecule has 0 radical (unpaired) electrons. The highest BCUT2D eigenvalue weighted by molar-refractivity contribution is 6.01. The Morgan fingerprint density at radius 1 is 1.12 bits per heavy atom. The lowest BCUT2D eigenvalue weighted by Crippen LogP contribution is -2.61. The van der Waals surface area contributed by atoms with Crippen LogP contribution >= 0.6 is 0 Å². The van der Waals surface area contributed by atoms with Gasteiger partial charge in [-0.1, -0.05) is 61.9 Å². The van der Waals surface area contributed by atoms with Crippen LogP contribution in [0.5, 0.6) is 0 Å². The van der Waals surface area contributed by atoms with E-state index < -0.39 is 35.2 Å². The van der Waals surface area contributed by atoms with Gasteiger partial charge >= 0.3 is 6.09 Å². The van der Waals surface area contributed by atoms with Gasteiger partial charge in [0.15, 0.2) is 11.6 Å². The van der Waals surface area contributed by atoms with Gasteiger partial charge in [0, 0.05) is 36.4 Å². The molecule has 8 nitrogen and oxygen atoms in total. The molecule has 7 unspecified atom stereocenters. The van der Waals surface area contributed by atoms with E-state index >= 15 is 0 Å². The van der Waals surface area contributed by atoms with E-state index in [-0.39, 0.29) is 34.7 Å². The molecule has 0 saturated heterocycles. The SMILES string of the molecule is C=C(CCNC(=O)OC(C)(C)C)Cc1ccc(CN(C)CC2(C(=O)CO)CCC3C4CCC5=CC(=O)C=CC5(C)C4C(O)CC32C)cc1. The number of benzene rings is 1. The van der Waals surface area contributed by atoms with Crippen LogP contribution in [-0.4, -0.2) is 71.2 Å². The molecule has 0 aliphatic heterocycles. The second-order valence-corrected chi connectivity index (χ2v) is 16.5. The highest BCUT2D eigenvalue weighted by atomic mass is 16.6. The largest absolute Gasteiger partial charge is 0.444 e. The summed E-state index contributed by atoms with van der Waals surface area (Å²) < 4.78 is 5.29. The van der Waals surface area contributed by atoms with E-state index in [1.165, 1.54) is 0 Å². The Labute approximate surface area is 286 Å². The molecule has 0 spiro atoms. The molecule has 262 valence electrons. The Morgan fingerprint density at radius 2 is 1.81 bits per heavy atom. The normalized spacial score (nSPS) is 32.6. The second kappa shape index (κ2) is 13.7. The summed E-state index contributed by atoms with van der Waals surface area (Å²) >= 11 is 0. The average molecular weight is 661 g/mol. The van der Waals surface area contributed by atoms with Gasteiger partial charge in [0.05, 0.1) is 6.10 Å². The first-order valence-electron chi connectivity index (χ1n) is 17.7. The van der Waals surface area contributed by atoms with E-state index in [9.17, 15) is 24.6 Å². The minimum Gasteiger partial charge on any atom is -0.444 e. The van der Waals surface area contributed by atoms with Gasteiger partial charge in [-0.2, -0.15) is 0 Å². The summed E-state index contributed by atoms with van der Waals surface area (Å²) in [6.07, 6.45) is 9.64. The lowest BCUT2D eigenvalue weighted by Gasteiger charge is -2.60. The lowest BCUT2D eigenvalue weighted by molar-refractivity contribution is -0.161. The van der Waals surface area contributed by atoms with E-state index in [4.69, 9.17) is 4.74 Å². The van der Waals surface area contributed by atoms with Gasteiger partial charge in [-0.3, -0.25) is 9.59 Å². The van der Waals surface area contributed by atoms with Crippen LogP contribution < -0.4 is 5.32 Å². The van der Waals surface area contributed by atoms with Gasteiger partial charge in [0.25, 0.3) is 0 Å². The Hall–Kier alpha value is -3.07. The van der Waals surface area contributed by atoms with Crippen molar-refractivity contribution >= 4 is 17.7 Å². The first-order chi connectivity index (χ1) is 22.5. The summed E-state index contributed by atoms with van der Waals surface area (Å²) in [5, 5.41) is 25.0. The third-order valence-electron chi connectivity index (χ3n) is 12.2. The molecular formula is C40H56N2O6. The number of hydrogen-bond acceptors (Lipinski definition) is 7. The number of hydrogen-bond donors (Lipinski definition) is 3. The molecule has 1 aromatic rings. The zero-order valence-corrected chi connectivity index (χ0v) is 29.8. The molecule has 8 heteroatoms. The van der Waals surface area contributed by atoms with Crippen LogP contribution in [0.25, 0.3) is 0 Å². The molecule has 48 heavy (non-hydrogen) atoms. The molecule has 1 aromatic carbocycles.